The van der Waals surface area contributed by atoms with Gasteiger partial charge in [0.15, 0.2) is 0 Å². The van der Waals surface area contributed by atoms with E-state index in [1.54, 1.807) is 0 Å². The SMILES string of the molecule is c1ccc(CCN2CCC(Nc3ccc4[nH]ncc4c3)CC2)cc1. The molecule has 0 saturated carbocycles. The van der Waals surface area contributed by atoms with Gasteiger partial charge < -0.3 is 10.2 Å². The van der Waals surface area contributed by atoms with Crippen LogP contribution >= 0.6 is 0 Å². The Morgan fingerprint density at radius 3 is 2.75 bits per heavy atom. The van der Waals surface area contributed by atoms with Crippen molar-refractivity contribution < 1.29 is 0 Å². The van der Waals surface area contributed by atoms with E-state index in [9.17, 15) is 0 Å². The van der Waals surface area contributed by atoms with Gasteiger partial charge in [0.05, 0.1) is 11.7 Å². The Morgan fingerprint density at radius 1 is 1.08 bits per heavy atom. The van der Waals surface area contributed by atoms with E-state index >= 15 is 0 Å². The molecular weight excluding hydrogens is 296 g/mol. The summed E-state index contributed by atoms with van der Waals surface area (Å²) in [5.41, 5.74) is 3.73. The van der Waals surface area contributed by atoms with Crippen LogP contribution in [0.25, 0.3) is 10.9 Å². The Balaban J connectivity index is 1.26. The number of H-pyrrole nitrogens is 1. The molecule has 2 heterocycles. The first-order valence-electron chi connectivity index (χ1n) is 8.83. The van der Waals surface area contributed by atoms with Gasteiger partial charge in [0.25, 0.3) is 0 Å². The van der Waals surface area contributed by atoms with Crippen LogP contribution in [-0.4, -0.2) is 40.8 Å². The minimum atomic E-state index is 0.572. The summed E-state index contributed by atoms with van der Waals surface area (Å²) in [5, 5.41) is 11.9. The standard InChI is InChI=1S/C20H24N4/c1-2-4-16(5-3-1)8-11-24-12-9-18(10-13-24)22-19-6-7-20-17(14-19)15-21-23-20/h1-7,14-15,18,22H,8-13H2,(H,21,23). The van der Waals surface area contributed by atoms with E-state index in [1.165, 1.54) is 42.6 Å². The maximum Gasteiger partial charge on any atom is 0.0651 e. The molecule has 1 aliphatic rings. The second kappa shape index (κ2) is 7.05. The number of rotatable bonds is 5. The molecule has 0 unspecified atom stereocenters. The molecule has 2 aromatic carbocycles. The molecule has 4 nitrogen and oxygen atoms in total. The lowest BCUT2D eigenvalue weighted by atomic mass is 10.0. The molecular formula is C20H24N4. The molecule has 1 fully saturated rings. The minimum absolute atomic E-state index is 0.572. The van der Waals surface area contributed by atoms with Crippen LogP contribution in [0.4, 0.5) is 5.69 Å². The van der Waals surface area contributed by atoms with E-state index in [1.807, 2.05) is 6.20 Å². The quantitative estimate of drug-likeness (QED) is 0.754. The van der Waals surface area contributed by atoms with Gasteiger partial charge >= 0.3 is 0 Å². The lowest BCUT2D eigenvalue weighted by molar-refractivity contribution is 0.221. The Morgan fingerprint density at radius 2 is 1.92 bits per heavy atom. The zero-order chi connectivity index (χ0) is 16.2. The Labute approximate surface area is 142 Å². The molecule has 124 valence electrons. The fourth-order valence-corrected chi connectivity index (χ4v) is 3.50. The van der Waals surface area contributed by atoms with Gasteiger partial charge in [0.2, 0.25) is 0 Å². The molecule has 0 atom stereocenters. The molecule has 1 aliphatic heterocycles. The molecule has 4 rings (SSSR count). The molecule has 1 aromatic heterocycles. The molecule has 24 heavy (non-hydrogen) atoms. The van der Waals surface area contributed by atoms with Crippen LogP contribution in [0.2, 0.25) is 0 Å². The zero-order valence-electron chi connectivity index (χ0n) is 13.9. The number of anilines is 1. The monoisotopic (exact) mass is 320 g/mol. The number of aromatic amines is 1. The highest BCUT2D eigenvalue weighted by atomic mass is 15.1. The van der Waals surface area contributed by atoms with E-state index in [-0.39, 0.29) is 0 Å². The van der Waals surface area contributed by atoms with Crippen molar-refractivity contribution in [1.82, 2.24) is 15.1 Å². The van der Waals surface area contributed by atoms with Crippen molar-refractivity contribution in [3.8, 4) is 0 Å². The molecule has 1 saturated heterocycles. The summed E-state index contributed by atoms with van der Waals surface area (Å²) < 4.78 is 0. The number of piperidine rings is 1. The molecule has 3 aromatic rings. The lowest BCUT2D eigenvalue weighted by Gasteiger charge is -2.32. The van der Waals surface area contributed by atoms with Crippen molar-refractivity contribution in [3.63, 3.8) is 0 Å². The number of nitrogens with zero attached hydrogens (tertiary/aromatic N) is 2. The van der Waals surface area contributed by atoms with E-state index < -0.39 is 0 Å². The second-order valence-corrected chi connectivity index (χ2v) is 6.67. The first-order valence-corrected chi connectivity index (χ1v) is 8.83. The average molecular weight is 320 g/mol. The molecule has 0 radical (unpaired) electrons. The summed E-state index contributed by atoms with van der Waals surface area (Å²) in [6.07, 6.45) is 5.44. The van der Waals surface area contributed by atoms with Crippen LogP contribution in [0.5, 0.6) is 0 Å². The summed E-state index contributed by atoms with van der Waals surface area (Å²) in [6, 6.07) is 17.8. The summed E-state index contributed by atoms with van der Waals surface area (Å²) in [5.74, 6) is 0. The van der Waals surface area contributed by atoms with Gasteiger partial charge in [-0.3, -0.25) is 5.10 Å². The first-order chi connectivity index (χ1) is 11.9. The van der Waals surface area contributed by atoms with Crippen LogP contribution in [0.1, 0.15) is 18.4 Å². The molecule has 0 aliphatic carbocycles. The largest absolute Gasteiger partial charge is 0.382 e. The highest BCUT2D eigenvalue weighted by molar-refractivity contribution is 5.81. The van der Waals surface area contributed by atoms with E-state index in [0.29, 0.717) is 6.04 Å². The number of aromatic nitrogens is 2. The summed E-state index contributed by atoms with van der Waals surface area (Å²) in [6.45, 7) is 3.52. The third-order valence-corrected chi connectivity index (χ3v) is 4.96. The molecule has 0 bridgehead atoms. The third kappa shape index (κ3) is 3.60. The molecule has 0 amide bonds. The number of hydrogen-bond donors (Lipinski definition) is 2. The number of fused-ring (bicyclic) bond motifs is 1. The van der Waals surface area contributed by atoms with E-state index in [4.69, 9.17) is 0 Å². The Kier molecular flexibility index (Phi) is 4.47. The average Bonchev–Trinajstić information content (AvgIpc) is 3.10. The fourth-order valence-electron chi connectivity index (χ4n) is 3.50. The first kappa shape index (κ1) is 15.2. The molecule has 4 heteroatoms. The van der Waals surface area contributed by atoms with Crippen molar-refractivity contribution in [1.29, 1.82) is 0 Å². The van der Waals surface area contributed by atoms with Gasteiger partial charge in [-0.2, -0.15) is 5.10 Å². The van der Waals surface area contributed by atoms with Gasteiger partial charge in [-0.25, -0.2) is 0 Å². The van der Waals surface area contributed by atoms with Crippen LogP contribution in [-0.2, 0) is 6.42 Å². The van der Waals surface area contributed by atoms with Crippen LogP contribution in [0.15, 0.2) is 54.7 Å². The number of nitrogens with one attached hydrogen (secondary N) is 2. The highest BCUT2D eigenvalue weighted by Gasteiger charge is 2.18. The van der Waals surface area contributed by atoms with Crippen molar-refractivity contribution in [3.05, 3.63) is 60.3 Å². The van der Waals surface area contributed by atoms with Gasteiger partial charge in [0.1, 0.15) is 0 Å². The summed E-state index contributed by atoms with van der Waals surface area (Å²) >= 11 is 0. The van der Waals surface area contributed by atoms with E-state index in [0.717, 1.165) is 18.5 Å². The topological polar surface area (TPSA) is 44.0 Å². The van der Waals surface area contributed by atoms with Crippen LogP contribution in [0, 0.1) is 0 Å². The van der Waals surface area contributed by atoms with Gasteiger partial charge in [-0.1, -0.05) is 30.3 Å². The Hall–Kier alpha value is -2.33. The number of hydrogen-bond acceptors (Lipinski definition) is 3. The third-order valence-electron chi connectivity index (χ3n) is 4.96. The molecule has 0 spiro atoms. The predicted molar refractivity (Wildman–Crippen MR) is 99.3 cm³/mol. The summed E-state index contributed by atoms with van der Waals surface area (Å²) in [4.78, 5) is 2.59. The fraction of sp³-hybridized carbons (Fsp3) is 0.350. The lowest BCUT2D eigenvalue weighted by Crippen LogP contribution is -2.40. The normalized spacial score (nSPS) is 16.5. The van der Waals surface area contributed by atoms with Gasteiger partial charge in [-0.15, -0.1) is 0 Å². The number of benzene rings is 2. The van der Waals surface area contributed by atoms with Crippen molar-refractivity contribution in [2.45, 2.75) is 25.3 Å². The van der Waals surface area contributed by atoms with Crippen molar-refractivity contribution in [2.75, 3.05) is 25.0 Å². The Bertz CT molecular complexity index is 772. The summed E-state index contributed by atoms with van der Waals surface area (Å²) in [7, 11) is 0. The van der Waals surface area contributed by atoms with Crippen LogP contribution in [0.3, 0.4) is 0 Å². The number of likely N-dealkylation sites (tertiary alicyclic amines) is 1. The minimum Gasteiger partial charge on any atom is -0.382 e. The zero-order valence-corrected chi connectivity index (χ0v) is 13.9. The second-order valence-electron chi connectivity index (χ2n) is 6.67. The van der Waals surface area contributed by atoms with Crippen LogP contribution < -0.4 is 5.32 Å². The van der Waals surface area contributed by atoms with Gasteiger partial charge in [-0.05, 0) is 43.0 Å². The maximum absolute atomic E-state index is 4.09. The predicted octanol–water partition coefficient (Wildman–Crippen LogP) is 3.68. The van der Waals surface area contributed by atoms with Crippen molar-refractivity contribution in [2.24, 2.45) is 0 Å². The van der Waals surface area contributed by atoms with E-state index in [2.05, 4.69) is 68.9 Å². The molecule has 2 N–H and O–H groups in total. The smallest absolute Gasteiger partial charge is 0.0651 e. The van der Waals surface area contributed by atoms with Crippen molar-refractivity contribution >= 4 is 16.6 Å². The van der Waals surface area contributed by atoms with Gasteiger partial charge in [0, 0.05) is 36.7 Å². The highest BCUT2D eigenvalue weighted by Crippen LogP contribution is 2.20. The maximum atomic E-state index is 4.09.